The molecule has 7 nitrogen and oxygen atoms in total. The summed E-state index contributed by atoms with van der Waals surface area (Å²) in [5.74, 6) is -0.0862. The molecule has 1 fully saturated rings. The molecule has 0 spiro atoms. The maximum absolute atomic E-state index is 13.1. The zero-order chi connectivity index (χ0) is 25.5. The highest BCUT2D eigenvalue weighted by Crippen LogP contribution is 2.29. The second-order valence-electron chi connectivity index (χ2n) is 8.53. The molecule has 0 bridgehead atoms. The number of anilines is 1. The minimum Gasteiger partial charge on any atom is -0.490 e. The Balaban J connectivity index is 1.35. The summed E-state index contributed by atoms with van der Waals surface area (Å²) in [7, 11) is 0. The Morgan fingerprint density at radius 3 is 2.56 bits per heavy atom. The fraction of sp³-hybridized carbons (Fsp3) is 0.250. The van der Waals surface area contributed by atoms with Crippen molar-refractivity contribution in [3.63, 3.8) is 0 Å². The van der Waals surface area contributed by atoms with Crippen molar-refractivity contribution in [1.82, 2.24) is 5.43 Å². The number of hydrogen-bond donors (Lipinski definition) is 1. The molecule has 186 valence electrons. The fourth-order valence-corrected chi connectivity index (χ4v) is 3.85. The molecule has 1 atom stereocenters. The smallest absolute Gasteiger partial charge is 0.245 e. The number of carbonyl (C=O) groups excluding carboxylic acids is 2. The molecule has 1 aliphatic rings. The molecule has 3 aromatic rings. The van der Waals surface area contributed by atoms with Crippen molar-refractivity contribution < 1.29 is 23.5 Å². The molecular formula is C28H28FN3O4. The highest BCUT2D eigenvalue weighted by atomic mass is 19.1. The number of halogens is 1. The summed E-state index contributed by atoms with van der Waals surface area (Å²) in [6, 6.07) is 19.1. The van der Waals surface area contributed by atoms with Crippen LogP contribution in [0.4, 0.5) is 10.1 Å². The first-order chi connectivity index (χ1) is 17.4. The molecule has 1 saturated heterocycles. The van der Waals surface area contributed by atoms with E-state index in [0.717, 1.165) is 16.8 Å². The van der Waals surface area contributed by atoms with Crippen LogP contribution in [0.1, 0.15) is 30.0 Å². The van der Waals surface area contributed by atoms with Gasteiger partial charge in [-0.15, -0.1) is 0 Å². The maximum Gasteiger partial charge on any atom is 0.245 e. The molecule has 3 aromatic carbocycles. The van der Waals surface area contributed by atoms with Crippen LogP contribution >= 0.6 is 0 Å². The first kappa shape index (κ1) is 24.9. The first-order valence-electron chi connectivity index (χ1n) is 11.8. The highest BCUT2D eigenvalue weighted by molar-refractivity contribution is 6.00. The molecule has 0 radical (unpaired) electrons. The summed E-state index contributed by atoms with van der Waals surface area (Å²) in [5.41, 5.74) is 5.97. The molecule has 36 heavy (non-hydrogen) atoms. The third-order valence-electron chi connectivity index (χ3n) is 5.81. The van der Waals surface area contributed by atoms with Gasteiger partial charge in [-0.05, 0) is 67.4 Å². The molecule has 0 aromatic heterocycles. The predicted octanol–water partition coefficient (Wildman–Crippen LogP) is 4.62. The Labute approximate surface area is 209 Å². The van der Waals surface area contributed by atoms with Gasteiger partial charge in [0.2, 0.25) is 11.8 Å². The van der Waals surface area contributed by atoms with Crippen molar-refractivity contribution in [2.75, 3.05) is 18.1 Å². The monoisotopic (exact) mass is 489 g/mol. The van der Waals surface area contributed by atoms with E-state index in [4.69, 9.17) is 9.47 Å². The molecule has 2 amide bonds. The third-order valence-corrected chi connectivity index (χ3v) is 5.81. The summed E-state index contributed by atoms with van der Waals surface area (Å²) in [6.45, 7) is 4.88. The molecule has 8 heteroatoms. The normalized spacial score (nSPS) is 15.4. The van der Waals surface area contributed by atoms with E-state index in [1.165, 1.54) is 18.3 Å². The number of hydrogen-bond acceptors (Lipinski definition) is 5. The number of ether oxygens (including phenoxy) is 2. The molecule has 1 aliphatic heterocycles. The second-order valence-corrected chi connectivity index (χ2v) is 8.53. The number of aryl methyl sites for hydroxylation is 1. The predicted molar refractivity (Wildman–Crippen MR) is 136 cm³/mol. The Morgan fingerprint density at radius 2 is 1.83 bits per heavy atom. The van der Waals surface area contributed by atoms with Gasteiger partial charge in [0.05, 0.1) is 18.7 Å². The lowest BCUT2D eigenvalue weighted by Gasteiger charge is -2.16. The fourth-order valence-electron chi connectivity index (χ4n) is 3.85. The average Bonchev–Trinajstić information content (AvgIpc) is 3.27. The van der Waals surface area contributed by atoms with Gasteiger partial charge in [-0.3, -0.25) is 9.59 Å². The SMILES string of the molecule is CCOc1cc(/C=N/NC(=O)[C@@H]2CC(=O)N(c3ccc(C)cc3)C2)ccc1OCc1ccc(F)cc1. The lowest BCUT2D eigenvalue weighted by Crippen LogP contribution is -2.30. The van der Waals surface area contributed by atoms with Crippen LogP contribution in [0.15, 0.2) is 71.8 Å². The Hall–Kier alpha value is -4.20. The van der Waals surface area contributed by atoms with Crippen molar-refractivity contribution >= 4 is 23.7 Å². The zero-order valence-electron chi connectivity index (χ0n) is 20.2. The van der Waals surface area contributed by atoms with Crippen molar-refractivity contribution in [2.24, 2.45) is 11.0 Å². The van der Waals surface area contributed by atoms with E-state index in [1.807, 2.05) is 38.1 Å². The third kappa shape index (κ3) is 6.27. The number of carbonyl (C=O) groups is 2. The van der Waals surface area contributed by atoms with Gasteiger partial charge in [0.25, 0.3) is 0 Å². The maximum atomic E-state index is 13.1. The van der Waals surface area contributed by atoms with Gasteiger partial charge in [-0.1, -0.05) is 29.8 Å². The minimum atomic E-state index is -0.475. The van der Waals surface area contributed by atoms with Gasteiger partial charge in [0.1, 0.15) is 12.4 Å². The Bertz CT molecular complexity index is 1240. The zero-order valence-corrected chi connectivity index (χ0v) is 20.2. The van der Waals surface area contributed by atoms with E-state index in [-0.39, 0.29) is 30.7 Å². The van der Waals surface area contributed by atoms with Crippen LogP contribution in [0.25, 0.3) is 0 Å². The van der Waals surface area contributed by atoms with Gasteiger partial charge < -0.3 is 14.4 Å². The van der Waals surface area contributed by atoms with Crippen LogP contribution in [0, 0.1) is 18.7 Å². The first-order valence-corrected chi connectivity index (χ1v) is 11.8. The average molecular weight is 490 g/mol. The van der Waals surface area contributed by atoms with Crippen LogP contribution in [-0.2, 0) is 16.2 Å². The minimum absolute atomic E-state index is 0.0828. The van der Waals surface area contributed by atoms with E-state index in [0.29, 0.717) is 30.2 Å². The van der Waals surface area contributed by atoms with Crippen LogP contribution in [0.5, 0.6) is 11.5 Å². The summed E-state index contributed by atoms with van der Waals surface area (Å²) in [5, 5.41) is 4.07. The molecule has 0 aliphatic carbocycles. The van der Waals surface area contributed by atoms with E-state index >= 15 is 0 Å². The highest BCUT2D eigenvalue weighted by Gasteiger charge is 2.35. The number of nitrogens with zero attached hydrogens (tertiary/aromatic N) is 2. The molecular weight excluding hydrogens is 461 g/mol. The largest absolute Gasteiger partial charge is 0.490 e. The van der Waals surface area contributed by atoms with Crippen molar-refractivity contribution in [2.45, 2.75) is 26.9 Å². The molecule has 1 N–H and O–H groups in total. The quantitative estimate of drug-likeness (QED) is 0.352. The summed E-state index contributed by atoms with van der Waals surface area (Å²) in [4.78, 5) is 26.7. The Kier molecular flexibility index (Phi) is 7.95. The number of benzene rings is 3. The summed E-state index contributed by atoms with van der Waals surface area (Å²) in [6.07, 6.45) is 1.66. The lowest BCUT2D eigenvalue weighted by atomic mass is 10.1. The van der Waals surface area contributed by atoms with E-state index < -0.39 is 5.92 Å². The molecule has 1 heterocycles. The van der Waals surface area contributed by atoms with Gasteiger partial charge in [0, 0.05) is 18.7 Å². The lowest BCUT2D eigenvalue weighted by molar-refractivity contribution is -0.126. The van der Waals surface area contributed by atoms with Gasteiger partial charge >= 0.3 is 0 Å². The van der Waals surface area contributed by atoms with E-state index in [1.54, 1.807) is 35.2 Å². The number of nitrogens with one attached hydrogen (secondary N) is 1. The molecule has 0 saturated carbocycles. The number of hydrazone groups is 1. The van der Waals surface area contributed by atoms with Gasteiger partial charge in [-0.2, -0.15) is 5.10 Å². The van der Waals surface area contributed by atoms with Crippen molar-refractivity contribution in [3.05, 3.63) is 89.2 Å². The van der Waals surface area contributed by atoms with Crippen LogP contribution < -0.4 is 19.8 Å². The number of rotatable bonds is 9. The topological polar surface area (TPSA) is 80.2 Å². The van der Waals surface area contributed by atoms with Crippen LogP contribution in [-0.4, -0.2) is 31.2 Å². The van der Waals surface area contributed by atoms with Gasteiger partial charge in [-0.25, -0.2) is 9.82 Å². The number of amides is 2. The molecule has 4 rings (SSSR count). The van der Waals surface area contributed by atoms with E-state index in [2.05, 4.69) is 10.5 Å². The molecule has 0 unspecified atom stereocenters. The summed E-state index contributed by atoms with van der Waals surface area (Å²) < 4.78 is 24.6. The Morgan fingerprint density at radius 1 is 1.08 bits per heavy atom. The van der Waals surface area contributed by atoms with Crippen LogP contribution in [0.2, 0.25) is 0 Å². The van der Waals surface area contributed by atoms with Crippen molar-refractivity contribution in [3.8, 4) is 11.5 Å². The van der Waals surface area contributed by atoms with Crippen molar-refractivity contribution in [1.29, 1.82) is 0 Å². The summed E-state index contributed by atoms with van der Waals surface area (Å²) >= 11 is 0. The standard InChI is InChI=1S/C28H28FN3O4/c1-3-35-26-14-21(8-13-25(26)36-18-20-6-9-23(29)10-7-20)16-30-31-28(34)22-15-27(33)32(17-22)24-11-4-19(2)5-12-24/h4-14,16,22H,3,15,17-18H2,1-2H3,(H,31,34)/b30-16+/t22-/m1/s1. The van der Waals surface area contributed by atoms with E-state index in [9.17, 15) is 14.0 Å². The second kappa shape index (κ2) is 11.5. The van der Waals surface area contributed by atoms with Gasteiger partial charge in [0.15, 0.2) is 11.5 Å². The van der Waals surface area contributed by atoms with Crippen LogP contribution in [0.3, 0.4) is 0 Å².